The van der Waals surface area contributed by atoms with Crippen LogP contribution < -0.4 is 9.47 Å². The standard InChI is InChI=1S/C14H16O4/c1-4-5-6-10-12-9(14(15)18-10)7-8-11(16-2)13(12)17-3/h6-8H,4-5H2,1-3H3. The lowest BCUT2D eigenvalue weighted by Crippen LogP contribution is -1.97. The largest absolute Gasteiger partial charge is 0.493 e. The fraction of sp³-hybridized carbons (Fsp3) is 0.357. The maximum atomic E-state index is 11.7. The predicted octanol–water partition coefficient (Wildman–Crippen LogP) is 3.02. The van der Waals surface area contributed by atoms with Gasteiger partial charge in [0.15, 0.2) is 11.5 Å². The van der Waals surface area contributed by atoms with E-state index in [0.29, 0.717) is 28.4 Å². The van der Waals surface area contributed by atoms with Gasteiger partial charge in [0, 0.05) is 0 Å². The molecule has 0 saturated heterocycles. The summed E-state index contributed by atoms with van der Waals surface area (Å²) in [6.45, 7) is 2.07. The Morgan fingerprint density at radius 2 is 2.06 bits per heavy atom. The minimum atomic E-state index is -0.340. The number of benzene rings is 1. The van der Waals surface area contributed by atoms with Gasteiger partial charge in [-0.25, -0.2) is 4.79 Å². The van der Waals surface area contributed by atoms with Crippen molar-refractivity contribution < 1.29 is 19.0 Å². The lowest BCUT2D eigenvalue weighted by molar-refractivity contribution is 0.0715. The Morgan fingerprint density at radius 3 is 2.67 bits per heavy atom. The van der Waals surface area contributed by atoms with Gasteiger partial charge in [-0.3, -0.25) is 0 Å². The molecule has 18 heavy (non-hydrogen) atoms. The molecule has 0 unspecified atom stereocenters. The summed E-state index contributed by atoms with van der Waals surface area (Å²) < 4.78 is 15.8. The Kier molecular flexibility index (Phi) is 3.55. The molecule has 4 nitrogen and oxygen atoms in total. The minimum Gasteiger partial charge on any atom is -0.493 e. The van der Waals surface area contributed by atoms with Gasteiger partial charge in [0.05, 0.1) is 25.3 Å². The first-order valence-corrected chi connectivity index (χ1v) is 5.90. The van der Waals surface area contributed by atoms with E-state index in [2.05, 4.69) is 6.92 Å². The van der Waals surface area contributed by atoms with Crippen molar-refractivity contribution in [2.75, 3.05) is 14.2 Å². The van der Waals surface area contributed by atoms with E-state index in [-0.39, 0.29) is 5.97 Å². The summed E-state index contributed by atoms with van der Waals surface area (Å²) in [5.74, 6) is 1.36. The maximum Gasteiger partial charge on any atom is 0.344 e. The summed E-state index contributed by atoms with van der Waals surface area (Å²) in [6, 6.07) is 3.41. The van der Waals surface area contributed by atoms with Crippen molar-refractivity contribution in [2.45, 2.75) is 19.8 Å². The smallest absolute Gasteiger partial charge is 0.344 e. The highest BCUT2D eigenvalue weighted by Crippen LogP contribution is 2.42. The van der Waals surface area contributed by atoms with Gasteiger partial charge in [-0.2, -0.15) is 0 Å². The van der Waals surface area contributed by atoms with Crippen LogP contribution in [0.3, 0.4) is 0 Å². The number of cyclic esters (lactones) is 1. The van der Waals surface area contributed by atoms with Crippen molar-refractivity contribution >= 4 is 11.7 Å². The molecule has 0 saturated carbocycles. The molecule has 2 rings (SSSR count). The van der Waals surface area contributed by atoms with Crippen molar-refractivity contribution in [3.05, 3.63) is 29.3 Å². The summed E-state index contributed by atoms with van der Waals surface area (Å²) >= 11 is 0. The minimum absolute atomic E-state index is 0.340. The molecule has 1 aliphatic rings. The Hall–Kier alpha value is -1.97. The number of rotatable bonds is 4. The van der Waals surface area contributed by atoms with Gasteiger partial charge in [0.1, 0.15) is 5.76 Å². The summed E-state index contributed by atoms with van der Waals surface area (Å²) in [5.41, 5.74) is 1.21. The molecule has 1 aromatic rings. The molecule has 1 aliphatic heterocycles. The fourth-order valence-corrected chi connectivity index (χ4v) is 1.97. The van der Waals surface area contributed by atoms with E-state index >= 15 is 0 Å². The van der Waals surface area contributed by atoms with Crippen LogP contribution in [-0.2, 0) is 4.74 Å². The van der Waals surface area contributed by atoms with Crippen molar-refractivity contribution in [1.82, 2.24) is 0 Å². The Morgan fingerprint density at radius 1 is 1.28 bits per heavy atom. The van der Waals surface area contributed by atoms with Crippen molar-refractivity contribution in [2.24, 2.45) is 0 Å². The third-order valence-electron chi connectivity index (χ3n) is 2.83. The van der Waals surface area contributed by atoms with Crippen LogP contribution in [0.4, 0.5) is 0 Å². The van der Waals surface area contributed by atoms with Crippen LogP contribution in [0.15, 0.2) is 18.2 Å². The maximum absolute atomic E-state index is 11.7. The number of hydrogen-bond acceptors (Lipinski definition) is 4. The Labute approximate surface area is 106 Å². The summed E-state index contributed by atoms with van der Waals surface area (Å²) in [4.78, 5) is 11.7. The lowest BCUT2D eigenvalue weighted by atomic mass is 10.1. The monoisotopic (exact) mass is 248 g/mol. The summed E-state index contributed by atoms with van der Waals surface area (Å²) in [7, 11) is 3.12. The normalized spacial score (nSPS) is 15.5. The van der Waals surface area contributed by atoms with E-state index in [1.54, 1.807) is 26.4 Å². The Balaban J connectivity index is 2.58. The number of methoxy groups -OCH3 is 2. The predicted molar refractivity (Wildman–Crippen MR) is 67.8 cm³/mol. The number of carbonyl (C=O) groups excluding carboxylic acids is 1. The zero-order valence-corrected chi connectivity index (χ0v) is 10.8. The summed E-state index contributed by atoms with van der Waals surface area (Å²) in [5, 5.41) is 0. The molecule has 0 aromatic heterocycles. The van der Waals surface area contributed by atoms with E-state index in [1.807, 2.05) is 6.08 Å². The molecule has 0 amide bonds. The highest BCUT2D eigenvalue weighted by molar-refractivity contribution is 6.04. The van der Waals surface area contributed by atoms with E-state index < -0.39 is 0 Å². The third kappa shape index (κ3) is 1.94. The summed E-state index contributed by atoms with van der Waals surface area (Å²) in [6.07, 6.45) is 3.75. The number of hydrogen-bond donors (Lipinski definition) is 0. The van der Waals surface area contributed by atoms with Crippen LogP contribution in [-0.4, -0.2) is 20.2 Å². The van der Waals surface area contributed by atoms with E-state index in [1.165, 1.54) is 0 Å². The molecule has 4 heteroatoms. The SMILES string of the molecule is CCCC=C1OC(=O)c2ccc(OC)c(OC)c21. The molecule has 0 radical (unpaired) electrons. The highest BCUT2D eigenvalue weighted by atomic mass is 16.5. The molecule has 0 atom stereocenters. The van der Waals surface area contributed by atoms with E-state index in [0.717, 1.165) is 12.8 Å². The van der Waals surface area contributed by atoms with Crippen molar-refractivity contribution in [3.8, 4) is 11.5 Å². The second-order valence-electron chi connectivity index (χ2n) is 3.97. The van der Waals surface area contributed by atoms with Crippen LogP contribution in [0.25, 0.3) is 5.76 Å². The molecular weight excluding hydrogens is 232 g/mol. The van der Waals surface area contributed by atoms with Gasteiger partial charge in [0.2, 0.25) is 0 Å². The second kappa shape index (κ2) is 5.12. The molecule has 0 aliphatic carbocycles. The topological polar surface area (TPSA) is 44.8 Å². The van der Waals surface area contributed by atoms with Gasteiger partial charge < -0.3 is 14.2 Å². The van der Waals surface area contributed by atoms with Crippen LogP contribution in [0.1, 0.15) is 35.7 Å². The van der Waals surface area contributed by atoms with E-state index in [4.69, 9.17) is 14.2 Å². The average molecular weight is 248 g/mol. The molecule has 1 aromatic carbocycles. The van der Waals surface area contributed by atoms with Gasteiger partial charge in [-0.05, 0) is 24.6 Å². The van der Waals surface area contributed by atoms with E-state index in [9.17, 15) is 4.79 Å². The quantitative estimate of drug-likeness (QED) is 0.768. The second-order valence-corrected chi connectivity index (χ2v) is 3.97. The van der Waals surface area contributed by atoms with Gasteiger partial charge in [-0.15, -0.1) is 0 Å². The first kappa shape index (κ1) is 12.5. The lowest BCUT2D eigenvalue weighted by Gasteiger charge is -2.10. The van der Waals surface area contributed by atoms with Crippen LogP contribution in [0.5, 0.6) is 11.5 Å². The first-order valence-electron chi connectivity index (χ1n) is 5.90. The number of ether oxygens (including phenoxy) is 3. The average Bonchev–Trinajstić information content (AvgIpc) is 2.72. The van der Waals surface area contributed by atoms with Crippen molar-refractivity contribution in [1.29, 1.82) is 0 Å². The molecular formula is C14H16O4. The number of unbranched alkanes of at least 4 members (excludes halogenated alkanes) is 1. The first-order chi connectivity index (χ1) is 8.72. The molecule has 0 spiro atoms. The molecule has 96 valence electrons. The van der Waals surface area contributed by atoms with Crippen molar-refractivity contribution in [3.63, 3.8) is 0 Å². The number of esters is 1. The molecule has 0 N–H and O–H groups in total. The molecule has 0 bridgehead atoms. The highest BCUT2D eigenvalue weighted by Gasteiger charge is 2.31. The molecule has 0 fully saturated rings. The van der Waals surface area contributed by atoms with Crippen LogP contribution in [0.2, 0.25) is 0 Å². The Bertz CT molecular complexity index is 503. The number of carbonyl (C=O) groups is 1. The number of allylic oxidation sites excluding steroid dienone is 1. The zero-order valence-electron chi connectivity index (χ0n) is 10.8. The van der Waals surface area contributed by atoms with Crippen LogP contribution >= 0.6 is 0 Å². The van der Waals surface area contributed by atoms with Gasteiger partial charge in [0.25, 0.3) is 0 Å². The molecule has 1 heterocycles. The van der Waals surface area contributed by atoms with Crippen LogP contribution in [0, 0.1) is 0 Å². The zero-order chi connectivity index (χ0) is 13.1. The number of fused-ring (bicyclic) bond motifs is 1. The third-order valence-corrected chi connectivity index (χ3v) is 2.83. The van der Waals surface area contributed by atoms with Gasteiger partial charge in [-0.1, -0.05) is 13.3 Å². The van der Waals surface area contributed by atoms with Gasteiger partial charge >= 0.3 is 5.97 Å². The fourth-order valence-electron chi connectivity index (χ4n) is 1.97.